The predicted octanol–water partition coefficient (Wildman–Crippen LogP) is 3.60. The van der Waals surface area contributed by atoms with Crippen molar-refractivity contribution >= 4 is 0 Å². The van der Waals surface area contributed by atoms with Gasteiger partial charge < -0.3 is 4.74 Å². The summed E-state index contributed by atoms with van der Waals surface area (Å²) in [5.74, 6) is 1.47. The molecule has 0 radical (unpaired) electrons. The molecule has 16 heavy (non-hydrogen) atoms. The SMILES string of the molecule is c1ccc2c(c1)C1CCCCC2C2(CO2)C1. The molecule has 84 valence electrons. The van der Waals surface area contributed by atoms with Gasteiger partial charge in [0.25, 0.3) is 0 Å². The Balaban J connectivity index is 1.89. The number of ether oxygens (including phenoxy) is 1. The number of rotatable bonds is 0. The highest BCUT2D eigenvalue weighted by Gasteiger charge is 2.56. The van der Waals surface area contributed by atoms with Crippen LogP contribution in [-0.4, -0.2) is 12.2 Å². The Morgan fingerprint density at radius 2 is 1.81 bits per heavy atom. The highest BCUT2D eigenvalue weighted by molar-refractivity contribution is 5.41. The molecule has 3 unspecified atom stereocenters. The van der Waals surface area contributed by atoms with E-state index in [2.05, 4.69) is 24.3 Å². The molecule has 1 heterocycles. The number of benzene rings is 1. The standard InChI is InChI=1S/C15H18O/c1-4-8-14-13-7-3-2-6-12(13)11(5-1)9-15(14)10-16-15/h2-3,6-7,11,14H,1,4-5,8-10H2. The van der Waals surface area contributed by atoms with E-state index in [0.29, 0.717) is 5.92 Å². The first kappa shape index (κ1) is 9.23. The van der Waals surface area contributed by atoms with Crippen LogP contribution in [0, 0.1) is 0 Å². The van der Waals surface area contributed by atoms with Gasteiger partial charge in [0.15, 0.2) is 0 Å². The molecule has 1 aromatic carbocycles. The lowest BCUT2D eigenvalue weighted by Crippen LogP contribution is -2.33. The average molecular weight is 214 g/mol. The van der Waals surface area contributed by atoms with Gasteiger partial charge in [-0.25, -0.2) is 0 Å². The van der Waals surface area contributed by atoms with Crippen molar-refractivity contribution in [1.82, 2.24) is 0 Å². The molecule has 3 aliphatic rings. The van der Waals surface area contributed by atoms with Crippen molar-refractivity contribution in [2.24, 2.45) is 0 Å². The molecule has 1 nitrogen and oxygen atoms in total. The molecular formula is C15H18O. The highest BCUT2D eigenvalue weighted by Crippen LogP contribution is 2.57. The Morgan fingerprint density at radius 3 is 2.62 bits per heavy atom. The second-order valence-corrected chi connectivity index (χ2v) is 5.72. The molecule has 0 aromatic heterocycles. The quantitative estimate of drug-likeness (QED) is 0.601. The summed E-state index contributed by atoms with van der Waals surface area (Å²) in [5.41, 5.74) is 3.50. The fourth-order valence-corrected chi connectivity index (χ4v) is 3.98. The van der Waals surface area contributed by atoms with E-state index in [4.69, 9.17) is 4.74 Å². The largest absolute Gasteiger partial charge is 0.369 e. The molecule has 1 fully saturated rings. The van der Waals surface area contributed by atoms with Crippen molar-refractivity contribution in [1.29, 1.82) is 0 Å². The minimum Gasteiger partial charge on any atom is -0.369 e. The van der Waals surface area contributed by atoms with Gasteiger partial charge >= 0.3 is 0 Å². The van der Waals surface area contributed by atoms with Crippen molar-refractivity contribution in [3.63, 3.8) is 0 Å². The Labute approximate surface area is 96.8 Å². The summed E-state index contributed by atoms with van der Waals surface area (Å²) >= 11 is 0. The summed E-state index contributed by atoms with van der Waals surface area (Å²) < 4.78 is 5.86. The first-order valence-corrected chi connectivity index (χ1v) is 6.62. The van der Waals surface area contributed by atoms with Crippen LogP contribution in [0.2, 0.25) is 0 Å². The molecule has 1 aliphatic heterocycles. The summed E-state index contributed by atoms with van der Waals surface area (Å²) in [6, 6.07) is 9.11. The average Bonchev–Trinajstić information content (AvgIpc) is 3.03. The van der Waals surface area contributed by atoms with Crippen LogP contribution in [0.1, 0.15) is 55.1 Å². The smallest absolute Gasteiger partial charge is 0.0990 e. The van der Waals surface area contributed by atoms with E-state index < -0.39 is 0 Å². The number of hydrogen-bond acceptors (Lipinski definition) is 1. The number of hydrogen-bond donors (Lipinski definition) is 0. The lowest BCUT2D eigenvalue weighted by atomic mass is 9.65. The predicted molar refractivity (Wildman–Crippen MR) is 63.7 cm³/mol. The maximum atomic E-state index is 5.86. The molecule has 1 spiro atoms. The maximum absolute atomic E-state index is 5.86. The van der Waals surface area contributed by atoms with Crippen molar-refractivity contribution < 1.29 is 4.74 Å². The van der Waals surface area contributed by atoms with Gasteiger partial charge in [-0.1, -0.05) is 37.1 Å². The molecule has 4 rings (SSSR count). The fraction of sp³-hybridized carbons (Fsp3) is 0.600. The molecule has 1 aromatic rings. The molecule has 1 saturated heterocycles. The molecule has 1 heteroatoms. The minimum absolute atomic E-state index is 0.263. The topological polar surface area (TPSA) is 12.5 Å². The highest BCUT2D eigenvalue weighted by atomic mass is 16.6. The van der Waals surface area contributed by atoms with Crippen LogP contribution in [0.25, 0.3) is 0 Å². The van der Waals surface area contributed by atoms with Crippen molar-refractivity contribution in [2.75, 3.05) is 6.61 Å². The third-order valence-electron chi connectivity index (χ3n) is 4.85. The second kappa shape index (κ2) is 3.10. The lowest BCUT2D eigenvalue weighted by molar-refractivity contribution is 0.194. The van der Waals surface area contributed by atoms with Gasteiger partial charge in [0.2, 0.25) is 0 Å². The molecule has 0 N–H and O–H groups in total. The third kappa shape index (κ3) is 1.15. The molecule has 2 bridgehead atoms. The van der Waals surface area contributed by atoms with E-state index in [1.165, 1.54) is 32.1 Å². The minimum atomic E-state index is 0.263. The number of epoxide rings is 1. The lowest BCUT2D eigenvalue weighted by Gasteiger charge is -2.39. The Hall–Kier alpha value is -0.820. The van der Waals surface area contributed by atoms with Crippen LogP contribution < -0.4 is 0 Å². The van der Waals surface area contributed by atoms with Crippen LogP contribution >= 0.6 is 0 Å². The third-order valence-corrected chi connectivity index (χ3v) is 4.85. The maximum Gasteiger partial charge on any atom is 0.0990 e. The van der Waals surface area contributed by atoms with Crippen LogP contribution in [0.15, 0.2) is 24.3 Å². The van der Waals surface area contributed by atoms with Gasteiger partial charge in [0.1, 0.15) is 0 Å². The molecule has 3 atom stereocenters. The fourth-order valence-electron chi connectivity index (χ4n) is 3.98. The van der Waals surface area contributed by atoms with Crippen LogP contribution in [-0.2, 0) is 4.74 Å². The monoisotopic (exact) mass is 214 g/mol. The summed E-state index contributed by atoms with van der Waals surface area (Å²) in [5, 5.41) is 0. The van der Waals surface area contributed by atoms with Gasteiger partial charge in [-0.15, -0.1) is 0 Å². The Morgan fingerprint density at radius 1 is 1.06 bits per heavy atom. The zero-order valence-corrected chi connectivity index (χ0v) is 9.61. The van der Waals surface area contributed by atoms with E-state index in [9.17, 15) is 0 Å². The van der Waals surface area contributed by atoms with Crippen molar-refractivity contribution in [3.8, 4) is 0 Å². The van der Waals surface area contributed by atoms with Gasteiger partial charge in [-0.05, 0) is 36.3 Å². The van der Waals surface area contributed by atoms with E-state index in [-0.39, 0.29) is 5.60 Å². The zero-order chi connectivity index (χ0) is 10.6. The molecule has 0 saturated carbocycles. The van der Waals surface area contributed by atoms with Gasteiger partial charge in [-0.2, -0.15) is 0 Å². The summed E-state index contributed by atoms with van der Waals surface area (Å²) in [4.78, 5) is 0. The van der Waals surface area contributed by atoms with Gasteiger partial charge in [0.05, 0.1) is 12.2 Å². The van der Waals surface area contributed by atoms with E-state index >= 15 is 0 Å². The van der Waals surface area contributed by atoms with Crippen LogP contribution in [0.3, 0.4) is 0 Å². The van der Waals surface area contributed by atoms with E-state index in [1.807, 2.05) is 0 Å². The Kier molecular flexibility index (Phi) is 1.79. The zero-order valence-electron chi connectivity index (χ0n) is 9.61. The molecule has 2 aliphatic carbocycles. The van der Waals surface area contributed by atoms with Gasteiger partial charge in [0, 0.05) is 5.92 Å². The van der Waals surface area contributed by atoms with E-state index in [1.54, 1.807) is 11.1 Å². The van der Waals surface area contributed by atoms with Crippen molar-refractivity contribution in [2.45, 2.75) is 49.5 Å². The molecular weight excluding hydrogens is 196 g/mol. The van der Waals surface area contributed by atoms with Crippen LogP contribution in [0.4, 0.5) is 0 Å². The normalized spacial score (nSPS) is 40.2. The number of fused-ring (bicyclic) bond motifs is 1. The van der Waals surface area contributed by atoms with Crippen LogP contribution in [0.5, 0.6) is 0 Å². The van der Waals surface area contributed by atoms with Gasteiger partial charge in [-0.3, -0.25) is 0 Å². The second-order valence-electron chi connectivity index (χ2n) is 5.72. The first-order chi connectivity index (χ1) is 7.89. The first-order valence-electron chi connectivity index (χ1n) is 6.62. The summed E-state index contributed by atoms with van der Waals surface area (Å²) in [6.07, 6.45) is 6.79. The summed E-state index contributed by atoms with van der Waals surface area (Å²) in [7, 11) is 0. The van der Waals surface area contributed by atoms with E-state index in [0.717, 1.165) is 12.5 Å². The van der Waals surface area contributed by atoms with Crippen molar-refractivity contribution in [3.05, 3.63) is 35.4 Å². The Bertz CT molecular complexity index is 419. The summed E-state index contributed by atoms with van der Waals surface area (Å²) in [6.45, 7) is 1.02. The molecule has 0 amide bonds.